The van der Waals surface area contributed by atoms with Gasteiger partial charge in [-0.2, -0.15) is 0 Å². The lowest BCUT2D eigenvalue weighted by Gasteiger charge is -2.21. The maximum atomic E-state index is 13.0. The Kier molecular flexibility index (Phi) is 55.9. The first kappa shape index (κ1) is 83.1. The van der Waals surface area contributed by atoms with Gasteiger partial charge < -0.3 is 33.8 Å². The van der Waals surface area contributed by atoms with Crippen molar-refractivity contribution in [3.63, 3.8) is 0 Å². The second-order valence-corrected chi connectivity index (χ2v) is 28.0. The zero-order valence-electron chi connectivity index (χ0n) is 55.1. The Bertz CT molecular complexity index is 1680. The van der Waals surface area contributed by atoms with Crippen LogP contribution in [0.1, 0.15) is 325 Å². The van der Waals surface area contributed by atoms with Gasteiger partial charge in [0, 0.05) is 25.7 Å². The number of ether oxygens (including phenoxy) is 4. The molecule has 3 N–H and O–H groups in total. The van der Waals surface area contributed by atoms with Crippen molar-refractivity contribution in [1.29, 1.82) is 0 Å². The molecule has 0 rings (SSSR count). The van der Waals surface area contributed by atoms with E-state index in [2.05, 4.69) is 48.5 Å². The van der Waals surface area contributed by atoms with Crippen molar-refractivity contribution in [2.24, 2.45) is 17.8 Å². The lowest BCUT2D eigenvalue weighted by atomic mass is 10.00. The van der Waals surface area contributed by atoms with Gasteiger partial charge in [-0.25, -0.2) is 9.13 Å². The Morgan fingerprint density at radius 3 is 0.894 bits per heavy atom. The van der Waals surface area contributed by atoms with Crippen molar-refractivity contribution in [3.05, 3.63) is 0 Å². The van der Waals surface area contributed by atoms with E-state index in [0.717, 1.165) is 120 Å². The number of phosphoric acid groups is 2. The molecule has 3 unspecified atom stereocenters. The van der Waals surface area contributed by atoms with Crippen LogP contribution in [0.2, 0.25) is 0 Å². The van der Waals surface area contributed by atoms with Crippen molar-refractivity contribution in [2.45, 2.75) is 343 Å². The molecular formula is C66H128O17P2. The standard InChI is InChI=1S/C66H128O17P2/c1-8-10-11-12-23-33-40-47-63(68)76-53-62(83-66(71)50-43-36-29-28-32-39-46-59(7)9-2)56-81-85(74,75)79-52-60(67)51-78-84(72,73)80-55-61(54-77-64(69)48-41-34-26-22-21-25-31-38-45-58(5)6)82-65(70)49-42-35-27-20-18-16-14-13-15-17-19-24-30-37-44-57(3)4/h57-62,67H,8-56H2,1-7H3,(H,72,73)(H,74,75)/t59?,60-,61-,62-/m1/s1. The largest absolute Gasteiger partial charge is 0.472 e. The molecule has 0 amide bonds. The summed E-state index contributed by atoms with van der Waals surface area (Å²) in [6.07, 6.45) is 39.2. The molecule has 0 aromatic rings. The minimum atomic E-state index is -4.95. The summed E-state index contributed by atoms with van der Waals surface area (Å²) >= 11 is 0. The highest BCUT2D eigenvalue weighted by atomic mass is 31.2. The molecular weight excluding hydrogens is 1130 g/mol. The van der Waals surface area contributed by atoms with Crippen molar-refractivity contribution in [2.75, 3.05) is 39.6 Å². The quantitative estimate of drug-likeness (QED) is 0.0222. The number of hydrogen-bond donors (Lipinski definition) is 3. The number of rotatable bonds is 64. The highest BCUT2D eigenvalue weighted by molar-refractivity contribution is 7.47. The van der Waals surface area contributed by atoms with Gasteiger partial charge in [0.1, 0.15) is 19.3 Å². The van der Waals surface area contributed by atoms with Gasteiger partial charge in [-0.1, -0.05) is 273 Å². The Balaban J connectivity index is 5.20. The third-order valence-electron chi connectivity index (χ3n) is 15.5. The van der Waals surface area contributed by atoms with E-state index < -0.39 is 97.5 Å². The van der Waals surface area contributed by atoms with E-state index in [1.165, 1.54) is 122 Å². The Hall–Kier alpha value is -1.94. The van der Waals surface area contributed by atoms with Gasteiger partial charge in [-0.15, -0.1) is 0 Å². The number of esters is 4. The monoisotopic (exact) mass is 1250 g/mol. The van der Waals surface area contributed by atoms with Crippen LogP contribution in [0.5, 0.6) is 0 Å². The summed E-state index contributed by atoms with van der Waals surface area (Å²) in [5, 5.41) is 10.5. The Morgan fingerprint density at radius 2 is 0.600 bits per heavy atom. The zero-order valence-corrected chi connectivity index (χ0v) is 56.9. The maximum absolute atomic E-state index is 13.0. The molecule has 0 aliphatic heterocycles. The molecule has 19 heteroatoms. The molecule has 0 aromatic carbocycles. The molecule has 0 aliphatic carbocycles. The minimum Gasteiger partial charge on any atom is -0.462 e. The van der Waals surface area contributed by atoms with Crippen LogP contribution in [0.25, 0.3) is 0 Å². The number of carbonyl (C=O) groups is 4. The van der Waals surface area contributed by atoms with Crippen LogP contribution < -0.4 is 0 Å². The first-order chi connectivity index (χ1) is 40.8. The van der Waals surface area contributed by atoms with Crippen molar-refractivity contribution < 1.29 is 80.2 Å². The van der Waals surface area contributed by atoms with Gasteiger partial charge in [-0.05, 0) is 43.4 Å². The van der Waals surface area contributed by atoms with Crippen LogP contribution >= 0.6 is 15.6 Å². The predicted octanol–water partition coefficient (Wildman–Crippen LogP) is 18.3. The van der Waals surface area contributed by atoms with E-state index in [1.807, 2.05) is 0 Å². The Morgan fingerprint density at radius 1 is 0.341 bits per heavy atom. The summed E-state index contributed by atoms with van der Waals surface area (Å²) in [7, 11) is -9.89. The van der Waals surface area contributed by atoms with Crippen molar-refractivity contribution in [1.82, 2.24) is 0 Å². The van der Waals surface area contributed by atoms with Crippen LogP contribution in [0.4, 0.5) is 0 Å². The first-order valence-corrected chi connectivity index (χ1v) is 37.4. The van der Waals surface area contributed by atoms with Crippen LogP contribution in [-0.4, -0.2) is 96.7 Å². The lowest BCUT2D eigenvalue weighted by Crippen LogP contribution is -2.30. The highest BCUT2D eigenvalue weighted by Crippen LogP contribution is 2.45. The molecule has 0 spiro atoms. The van der Waals surface area contributed by atoms with Gasteiger partial charge >= 0.3 is 39.5 Å². The van der Waals surface area contributed by atoms with Gasteiger partial charge in [-0.3, -0.25) is 37.3 Å². The molecule has 0 heterocycles. The first-order valence-electron chi connectivity index (χ1n) is 34.4. The van der Waals surface area contributed by atoms with E-state index in [9.17, 15) is 43.2 Å². The molecule has 0 fully saturated rings. The molecule has 0 bridgehead atoms. The molecule has 0 aromatic heterocycles. The van der Waals surface area contributed by atoms with Gasteiger partial charge in [0.2, 0.25) is 0 Å². The lowest BCUT2D eigenvalue weighted by molar-refractivity contribution is -0.161. The number of phosphoric ester groups is 2. The smallest absolute Gasteiger partial charge is 0.462 e. The fourth-order valence-electron chi connectivity index (χ4n) is 9.80. The summed E-state index contributed by atoms with van der Waals surface area (Å²) in [6, 6.07) is 0. The Labute approximate surface area is 517 Å². The van der Waals surface area contributed by atoms with Crippen molar-refractivity contribution in [3.8, 4) is 0 Å². The molecule has 0 saturated carbocycles. The van der Waals surface area contributed by atoms with Crippen LogP contribution in [0, 0.1) is 17.8 Å². The molecule has 6 atom stereocenters. The molecule has 504 valence electrons. The molecule has 0 radical (unpaired) electrons. The van der Waals surface area contributed by atoms with Gasteiger partial charge in [0.25, 0.3) is 0 Å². The normalized spacial score (nSPS) is 14.6. The molecule has 85 heavy (non-hydrogen) atoms. The van der Waals surface area contributed by atoms with Gasteiger partial charge in [0.05, 0.1) is 26.4 Å². The van der Waals surface area contributed by atoms with E-state index in [-0.39, 0.29) is 25.7 Å². The second kappa shape index (κ2) is 57.2. The fraction of sp³-hybridized carbons (Fsp3) is 0.939. The second-order valence-electron chi connectivity index (χ2n) is 25.1. The van der Waals surface area contributed by atoms with E-state index in [0.29, 0.717) is 25.7 Å². The molecule has 0 saturated heterocycles. The fourth-order valence-corrected chi connectivity index (χ4v) is 11.4. The number of aliphatic hydroxyl groups excluding tert-OH is 1. The maximum Gasteiger partial charge on any atom is 0.472 e. The summed E-state index contributed by atoms with van der Waals surface area (Å²) < 4.78 is 68.0. The average Bonchev–Trinajstić information content (AvgIpc) is 3.56. The minimum absolute atomic E-state index is 0.102. The molecule has 17 nitrogen and oxygen atoms in total. The van der Waals surface area contributed by atoms with Crippen LogP contribution in [0.3, 0.4) is 0 Å². The van der Waals surface area contributed by atoms with Crippen molar-refractivity contribution >= 4 is 39.5 Å². The average molecular weight is 1260 g/mol. The van der Waals surface area contributed by atoms with E-state index >= 15 is 0 Å². The summed E-state index contributed by atoms with van der Waals surface area (Å²) in [4.78, 5) is 72.2. The number of unbranched alkanes of at least 4 members (excludes halogenated alkanes) is 31. The van der Waals surface area contributed by atoms with Gasteiger partial charge in [0.15, 0.2) is 12.2 Å². The van der Waals surface area contributed by atoms with E-state index in [1.54, 1.807) is 0 Å². The van der Waals surface area contributed by atoms with Crippen LogP contribution in [-0.2, 0) is 65.4 Å². The topological polar surface area (TPSA) is 237 Å². The number of carbonyl (C=O) groups excluding carboxylic acids is 4. The molecule has 0 aliphatic rings. The van der Waals surface area contributed by atoms with E-state index in [4.69, 9.17) is 37.0 Å². The highest BCUT2D eigenvalue weighted by Gasteiger charge is 2.30. The number of hydrogen-bond acceptors (Lipinski definition) is 15. The third-order valence-corrected chi connectivity index (χ3v) is 17.4. The predicted molar refractivity (Wildman–Crippen MR) is 340 cm³/mol. The zero-order chi connectivity index (χ0) is 63.1. The summed E-state index contributed by atoms with van der Waals surface area (Å²) in [5.41, 5.74) is 0. The number of aliphatic hydroxyl groups is 1. The summed E-state index contributed by atoms with van der Waals surface area (Å²) in [5.74, 6) is 0.102. The third kappa shape index (κ3) is 59.5. The SMILES string of the molecule is CCCCCCCCCC(=O)OC[C@H](COP(=O)(O)OC[C@H](O)COP(=O)(O)OC[C@@H](COC(=O)CCCCCCCCCCC(C)C)OC(=O)CCCCCCCCCCCCCCCCC(C)C)OC(=O)CCCCCCCCC(C)CC. The van der Waals surface area contributed by atoms with Crippen LogP contribution in [0.15, 0.2) is 0 Å². The summed E-state index contributed by atoms with van der Waals surface area (Å²) in [6.45, 7) is 11.7.